The lowest BCUT2D eigenvalue weighted by Crippen LogP contribution is -2.36. The summed E-state index contributed by atoms with van der Waals surface area (Å²) in [4.78, 5) is 15.1. The van der Waals surface area contributed by atoms with E-state index >= 15 is 0 Å². The van der Waals surface area contributed by atoms with Crippen LogP contribution in [0.15, 0.2) is 18.2 Å². The van der Waals surface area contributed by atoms with Gasteiger partial charge in [-0.15, -0.1) is 12.4 Å². The molecule has 0 saturated carbocycles. The fourth-order valence-electron chi connectivity index (χ4n) is 4.71. The summed E-state index contributed by atoms with van der Waals surface area (Å²) in [5, 5.41) is 0. The minimum Gasteiger partial charge on any atom is -0.493 e. The number of methoxy groups -OCH3 is 3. The molecule has 5 rings (SSSR count). The summed E-state index contributed by atoms with van der Waals surface area (Å²) in [6.45, 7) is 0.963. The van der Waals surface area contributed by atoms with Gasteiger partial charge in [-0.2, -0.15) is 0 Å². The van der Waals surface area contributed by atoms with Crippen LogP contribution in [0.5, 0.6) is 28.7 Å². The summed E-state index contributed by atoms with van der Waals surface area (Å²) in [6, 6.07) is 5.43. The van der Waals surface area contributed by atoms with Gasteiger partial charge in [0.1, 0.15) is 11.7 Å². The Balaban J connectivity index is 0.00000231. The quantitative estimate of drug-likeness (QED) is 0.658. The first-order valence-electron chi connectivity index (χ1n) is 9.74. The molecule has 8 nitrogen and oxygen atoms in total. The summed E-state index contributed by atoms with van der Waals surface area (Å²) >= 11 is 0. The Morgan fingerprint density at radius 2 is 1.84 bits per heavy atom. The average molecular weight is 450 g/mol. The van der Waals surface area contributed by atoms with Crippen LogP contribution in [-0.2, 0) is 11.2 Å². The highest BCUT2D eigenvalue weighted by Gasteiger charge is 2.46. The number of halogens is 1. The highest BCUT2D eigenvalue weighted by atomic mass is 35.5. The van der Waals surface area contributed by atoms with E-state index in [0.29, 0.717) is 34.3 Å². The number of carbonyl (C=O) groups excluding carboxylic acids is 1. The van der Waals surface area contributed by atoms with Crippen molar-refractivity contribution in [1.29, 1.82) is 0 Å². The molecule has 2 aromatic carbocycles. The second-order valence-electron chi connectivity index (χ2n) is 7.48. The number of esters is 1. The van der Waals surface area contributed by atoms with E-state index in [4.69, 9.17) is 28.4 Å². The molecule has 0 aromatic heterocycles. The molecule has 0 amide bonds. The molecule has 3 aliphatic rings. The molecule has 0 N–H and O–H groups in total. The first kappa shape index (κ1) is 21.4. The van der Waals surface area contributed by atoms with Crippen LogP contribution < -0.4 is 23.7 Å². The molecular weight excluding hydrogens is 426 g/mol. The maximum atomic E-state index is 12.9. The zero-order valence-electron chi connectivity index (χ0n) is 17.7. The summed E-state index contributed by atoms with van der Waals surface area (Å²) in [7, 11) is 6.70. The highest BCUT2D eigenvalue weighted by molar-refractivity contribution is 5.98. The van der Waals surface area contributed by atoms with E-state index in [0.717, 1.165) is 29.7 Å². The van der Waals surface area contributed by atoms with Gasteiger partial charge in [-0.3, -0.25) is 4.90 Å². The number of cyclic esters (lactones) is 1. The summed E-state index contributed by atoms with van der Waals surface area (Å²) in [5.41, 5.74) is 3.23. The fourth-order valence-corrected chi connectivity index (χ4v) is 4.71. The minimum atomic E-state index is -0.523. The molecule has 0 saturated heterocycles. The van der Waals surface area contributed by atoms with Crippen LogP contribution in [0.4, 0.5) is 0 Å². The van der Waals surface area contributed by atoms with Crippen molar-refractivity contribution in [3.63, 3.8) is 0 Å². The Labute approximate surface area is 186 Å². The molecule has 0 spiro atoms. The van der Waals surface area contributed by atoms with Crippen molar-refractivity contribution in [2.45, 2.75) is 18.6 Å². The molecule has 2 atom stereocenters. The van der Waals surface area contributed by atoms with Crippen molar-refractivity contribution in [1.82, 2.24) is 4.90 Å². The Hall–Kier alpha value is -2.84. The third-order valence-corrected chi connectivity index (χ3v) is 6.06. The van der Waals surface area contributed by atoms with Crippen molar-refractivity contribution >= 4 is 18.4 Å². The van der Waals surface area contributed by atoms with Crippen LogP contribution in [0.1, 0.15) is 39.2 Å². The number of ether oxygens (including phenoxy) is 6. The largest absolute Gasteiger partial charge is 0.493 e. The van der Waals surface area contributed by atoms with E-state index in [9.17, 15) is 4.79 Å². The van der Waals surface area contributed by atoms with E-state index in [2.05, 4.69) is 4.90 Å². The van der Waals surface area contributed by atoms with Crippen molar-refractivity contribution in [3.8, 4) is 28.7 Å². The first-order valence-corrected chi connectivity index (χ1v) is 9.74. The molecule has 0 radical (unpaired) electrons. The maximum absolute atomic E-state index is 12.9. The van der Waals surface area contributed by atoms with Gasteiger partial charge in [0, 0.05) is 17.7 Å². The zero-order chi connectivity index (χ0) is 21.0. The predicted octanol–water partition coefficient (Wildman–Crippen LogP) is 3.30. The van der Waals surface area contributed by atoms with Crippen LogP contribution in [-0.4, -0.2) is 52.6 Å². The van der Waals surface area contributed by atoms with Crippen LogP contribution >= 0.6 is 12.4 Å². The second kappa shape index (κ2) is 8.01. The number of carbonyl (C=O) groups is 1. The molecule has 0 fully saturated rings. The van der Waals surface area contributed by atoms with Gasteiger partial charge in [-0.1, -0.05) is 6.07 Å². The number of rotatable bonds is 4. The van der Waals surface area contributed by atoms with Crippen molar-refractivity contribution in [2.75, 3.05) is 41.7 Å². The van der Waals surface area contributed by atoms with Crippen LogP contribution in [0.25, 0.3) is 0 Å². The Morgan fingerprint density at radius 3 is 2.55 bits per heavy atom. The van der Waals surface area contributed by atoms with Gasteiger partial charge in [0.15, 0.2) is 23.0 Å². The second-order valence-corrected chi connectivity index (χ2v) is 7.48. The average Bonchev–Trinajstić information content (AvgIpc) is 3.35. The van der Waals surface area contributed by atoms with Crippen molar-refractivity contribution < 1.29 is 33.2 Å². The standard InChI is InChI=1S/C22H23NO7.ClH/c1-23-8-7-11-9-14-20(29-10-28-14)21(27-4)15(11)17(23)18-12-5-6-13(25-2)19(26-3)16(12)22(24)30-18;/h5-6,9,17-18H,7-8,10H2,1-4H3;1H/t17?,18-;/m0./s1. The number of benzene rings is 2. The molecule has 166 valence electrons. The maximum Gasteiger partial charge on any atom is 0.343 e. The van der Waals surface area contributed by atoms with Crippen molar-refractivity contribution in [3.05, 3.63) is 40.5 Å². The Morgan fingerprint density at radius 1 is 1.06 bits per heavy atom. The first-order chi connectivity index (χ1) is 14.6. The molecule has 3 heterocycles. The van der Waals surface area contributed by atoms with E-state index < -0.39 is 12.1 Å². The monoisotopic (exact) mass is 449 g/mol. The summed E-state index contributed by atoms with van der Waals surface area (Å²) in [5.74, 6) is 2.36. The Bertz CT molecular complexity index is 1040. The molecule has 3 aliphatic heterocycles. The summed E-state index contributed by atoms with van der Waals surface area (Å²) < 4.78 is 33.8. The normalized spacial score (nSPS) is 21.0. The highest BCUT2D eigenvalue weighted by Crippen LogP contribution is 2.55. The smallest absolute Gasteiger partial charge is 0.343 e. The van der Waals surface area contributed by atoms with Crippen LogP contribution in [0, 0.1) is 0 Å². The lowest BCUT2D eigenvalue weighted by Gasteiger charge is -2.38. The van der Waals surface area contributed by atoms with Gasteiger partial charge in [0.2, 0.25) is 12.5 Å². The SMILES string of the molecule is COc1ccc2c(c1OC)C(=O)O[C@@H]2C1c2c(cc3c(c2OC)OCO3)CCN1C.Cl. The lowest BCUT2D eigenvalue weighted by atomic mass is 9.85. The van der Waals surface area contributed by atoms with Gasteiger partial charge >= 0.3 is 5.97 Å². The van der Waals surface area contributed by atoms with Gasteiger partial charge in [0.25, 0.3) is 0 Å². The van der Waals surface area contributed by atoms with E-state index in [1.165, 1.54) is 7.11 Å². The van der Waals surface area contributed by atoms with E-state index in [-0.39, 0.29) is 25.2 Å². The number of fused-ring (bicyclic) bond motifs is 3. The van der Waals surface area contributed by atoms with Gasteiger partial charge in [-0.05, 0) is 31.2 Å². The molecule has 2 aromatic rings. The molecule has 0 aliphatic carbocycles. The third-order valence-electron chi connectivity index (χ3n) is 6.06. The van der Waals surface area contributed by atoms with E-state index in [1.54, 1.807) is 20.3 Å². The van der Waals surface area contributed by atoms with Crippen LogP contribution in [0.2, 0.25) is 0 Å². The van der Waals surface area contributed by atoms with Crippen molar-refractivity contribution in [2.24, 2.45) is 0 Å². The predicted molar refractivity (Wildman–Crippen MR) is 113 cm³/mol. The number of nitrogens with zero attached hydrogens (tertiary/aromatic N) is 1. The zero-order valence-corrected chi connectivity index (χ0v) is 18.5. The Kier molecular flexibility index (Phi) is 5.53. The molecule has 1 unspecified atom stereocenters. The number of likely N-dealkylation sites (N-methyl/N-ethyl adjacent to an activating group) is 1. The van der Waals surface area contributed by atoms with Gasteiger partial charge in [0.05, 0.1) is 27.4 Å². The topological polar surface area (TPSA) is 75.7 Å². The van der Waals surface area contributed by atoms with Gasteiger partial charge < -0.3 is 28.4 Å². The number of hydrogen-bond donors (Lipinski definition) is 0. The van der Waals surface area contributed by atoms with E-state index in [1.807, 2.05) is 19.2 Å². The fraction of sp³-hybridized carbons (Fsp3) is 0.409. The third kappa shape index (κ3) is 3.04. The summed E-state index contributed by atoms with van der Waals surface area (Å²) in [6.07, 6.45) is 0.306. The molecule has 31 heavy (non-hydrogen) atoms. The minimum absolute atomic E-state index is 0. The van der Waals surface area contributed by atoms with Gasteiger partial charge in [-0.25, -0.2) is 4.79 Å². The van der Waals surface area contributed by atoms with Crippen LogP contribution in [0.3, 0.4) is 0 Å². The molecule has 0 bridgehead atoms. The molecule has 9 heteroatoms. The number of hydrogen-bond acceptors (Lipinski definition) is 8. The lowest BCUT2D eigenvalue weighted by molar-refractivity contribution is 0.00874. The molecular formula is C22H24ClNO7.